The summed E-state index contributed by atoms with van der Waals surface area (Å²) in [7, 11) is 0. The van der Waals surface area contributed by atoms with Crippen molar-refractivity contribution in [1.29, 1.82) is 0 Å². The van der Waals surface area contributed by atoms with Crippen LogP contribution in [0, 0.1) is 0 Å². The first kappa shape index (κ1) is 24.5. The lowest BCUT2D eigenvalue weighted by atomic mass is 10.1. The first-order valence-electron chi connectivity index (χ1n) is 11.8. The molecule has 0 radical (unpaired) electrons. The number of rotatable bonds is 12. The average Bonchev–Trinajstić information content (AvgIpc) is 3.38. The van der Waals surface area contributed by atoms with Crippen LogP contribution in [0.5, 0.6) is 0 Å². The minimum absolute atomic E-state index is 0.0144. The van der Waals surface area contributed by atoms with E-state index in [9.17, 15) is 9.59 Å². The molecular formula is C26H35NO4S. The fraction of sp³-hybridized carbons (Fsp3) is 0.538. The van der Waals surface area contributed by atoms with Crippen LogP contribution >= 0.6 is 11.3 Å². The van der Waals surface area contributed by atoms with Crippen LogP contribution < -0.4 is 4.90 Å². The van der Waals surface area contributed by atoms with Crippen LogP contribution in [0.2, 0.25) is 0 Å². The quantitative estimate of drug-likeness (QED) is 0.283. The van der Waals surface area contributed by atoms with Gasteiger partial charge in [-0.05, 0) is 75.8 Å². The van der Waals surface area contributed by atoms with Crippen LogP contribution in [-0.4, -0.2) is 30.8 Å². The minimum Gasteiger partial charge on any atom is -0.459 e. The maximum Gasteiger partial charge on any atom is 0.348 e. The van der Waals surface area contributed by atoms with Gasteiger partial charge in [-0.25, -0.2) is 4.79 Å². The Morgan fingerprint density at radius 3 is 2.59 bits per heavy atom. The maximum atomic E-state index is 12.5. The van der Waals surface area contributed by atoms with Gasteiger partial charge in [0, 0.05) is 10.6 Å². The molecule has 1 unspecified atom stereocenters. The summed E-state index contributed by atoms with van der Waals surface area (Å²) in [6.45, 7) is 6.06. The van der Waals surface area contributed by atoms with Crippen molar-refractivity contribution in [3.8, 4) is 0 Å². The van der Waals surface area contributed by atoms with Gasteiger partial charge in [0.1, 0.15) is 17.7 Å². The average molecular weight is 458 g/mol. The molecule has 3 rings (SSSR count). The molecular weight excluding hydrogens is 422 g/mol. The molecule has 2 heterocycles. The molecule has 0 bridgehead atoms. The maximum absolute atomic E-state index is 12.5. The lowest BCUT2D eigenvalue weighted by Gasteiger charge is -2.23. The highest BCUT2D eigenvalue weighted by molar-refractivity contribution is 7.13. The third-order valence-corrected chi connectivity index (χ3v) is 6.69. The summed E-state index contributed by atoms with van der Waals surface area (Å²) in [6, 6.07) is 12.2. The number of hydrogen-bond donors (Lipinski definition) is 0. The molecule has 1 atom stereocenters. The van der Waals surface area contributed by atoms with E-state index in [1.807, 2.05) is 38.1 Å². The van der Waals surface area contributed by atoms with E-state index >= 15 is 0 Å². The van der Waals surface area contributed by atoms with E-state index in [0.29, 0.717) is 4.88 Å². The Labute approximate surface area is 195 Å². The van der Waals surface area contributed by atoms with E-state index in [1.165, 1.54) is 42.6 Å². The molecule has 1 saturated heterocycles. The first-order valence-corrected chi connectivity index (χ1v) is 12.6. The Bertz CT molecular complexity index is 874. The third-order valence-electron chi connectivity index (χ3n) is 5.57. The zero-order valence-corrected chi connectivity index (χ0v) is 20.3. The lowest BCUT2D eigenvalue weighted by Crippen LogP contribution is -2.33. The van der Waals surface area contributed by atoms with Gasteiger partial charge in [-0.3, -0.25) is 9.69 Å². The predicted molar refractivity (Wildman–Crippen MR) is 129 cm³/mol. The van der Waals surface area contributed by atoms with Gasteiger partial charge in [0.15, 0.2) is 0 Å². The number of esters is 1. The summed E-state index contributed by atoms with van der Waals surface area (Å²) in [4.78, 5) is 28.1. The fourth-order valence-corrected chi connectivity index (χ4v) is 4.85. The molecule has 0 saturated carbocycles. The molecule has 0 N–H and O–H groups in total. The van der Waals surface area contributed by atoms with Crippen molar-refractivity contribution in [3.05, 3.63) is 51.7 Å². The van der Waals surface area contributed by atoms with E-state index in [0.717, 1.165) is 36.2 Å². The molecule has 2 aromatic rings. The predicted octanol–water partition coefficient (Wildman–Crippen LogP) is 6.15. The fourth-order valence-electron chi connectivity index (χ4n) is 3.92. The molecule has 1 amide bonds. The summed E-state index contributed by atoms with van der Waals surface area (Å²) in [6.07, 6.45) is 8.22. The van der Waals surface area contributed by atoms with Gasteiger partial charge in [-0.2, -0.15) is 0 Å². The molecule has 6 heteroatoms. The van der Waals surface area contributed by atoms with E-state index in [2.05, 4.69) is 19.1 Å². The summed E-state index contributed by atoms with van der Waals surface area (Å²) in [5.74, 6) is -0.249. The number of carbonyl (C=O) groups is 2. The molecule has 1 aromatic carbocycles. The zero-order valence-electron chi connectivity index (χ0n) is 19.5. The molecule has 1 aliphatic rings. The summed E-state index contributed by atoms with van der Waals surface area (Å²) < 4.78 is 11.0. The Balaban J connectivity index is 1.51. The third kappa shape index (κ3) is 6.91. The molecule has 1 aliphatic heterocycles. The number of benzene rings is 1. The van der Waals surface area contributed by atoms with Gasteiger partial charge in [0.2, 0.25) is 0 Å². The smallest absolute Gasteiger partial charge is 0.348 e. The molecule has 32 heavy (non-hydrogen) atoms. The van der Waals surface area contributed by atoms with Gasteiger partial charge in [0.05, 0.1) is 6.10 Å². The topological polar surface area (TPSA) is 55.8 Å². The second-order valence-corrected chi connectivity index (χ2v) is 9.79. The monoisotopic (exact) mass is 457 g/mol. The van der Waals surface area contributed by atoms with Crippen LogP contribution in [0.4, 0.5) is 5.69 Å². The lowest BCUT2D eigenvalue weighted by molar-refractivity contribution is -0.117. The highest BCUT2D eigenvalue weighted by Crippen LogP contribution is 2.27. The zero-order chi connectivity index (χ0) is 22.9. The second-order valence-electron chi connectivity index (χ2n) is 8.62. The Kier molecular flexibility index (Phi) is 9.30. The van der Waals surface area contributed by atoms with Crippen LogP contribution in [0.25, 0.3) is 0 Å². The highest BCUT2D eigenvalue weighted by Gasteiger charge is 2.32. The molecule has 5 nitrogen and oxygen atoms in total. The number of ether oxygens (including phenoxy) is 2. The van der Waals surface area contributed by atoms with Crippen LogP contribution in [0.1, 0.15) is 79.4 Å². The van der Waals surface area contributed by atoms with Gasteiger partial charge < -0.3 is 9.47 Å². The molecule has 1 aromatic heterocycles. The highest BCUT2D eigenvalue weighted by atomic mass is 32.1. The number of aryl methyl sites for hydroxylation is 2. The number of anilines is 1. The largest absolute Gasteiger partial charge is 0.459 e. The number of nitrogens with zero attached hydrogens (tertiary/aromatic N) is 1. The normalized spacial score (nSPS) is 16.2. The number of hydrogen-bond acceptors (Lipinski definition) is 5. The van der Waals surface area contributed by atoms with Crippen molar-refractivity contribution in [1.82, 2.24) is 0 Å². The van der Waals surface area contributed by atoms with Gasteiger partial charge >= 0.3 is 5.97 Å². The number of unbranched alkanes of at least 4 members (excludes halogenated alkanes) is 3. The van der Waals surface area contributed by atoms with Crippen molar-refractivity contribution in [2.75, 3.05) is 11.5 Å². The number of amides is 1. The Hall–Kier alpha value is -2.18. The van der Waals surface area contributed by atoms with Crippen molar-refractivity contribution >= 4 is 28.9 Å². The van der Waals surface area contributed by atoms with Gasteiger partial charge in [-0.1, -0.05) is 38.3 Å². The summed E-state index contributed by atoms with van der Waals surface area (Å²) in [5.41, 5.74) is 2.23. The van der Waals surface area contributed by atoms with E-state index in [1.54, 1.807) is 4.90 Å². The van der Waals surface area contributed by atoms with Gasteiger partial charge in [-0.15, -0.1) is 11.3 Å². The van der Waals surface area contributed by atoms with Crippen LogP contribution in [0.3, 0.4) is 0 Å². The molecule has 0 spiro atoms. The minimum atomic E-state index is -0.263. The first-order chi connectivity index (χ1) is 15.5. The second kappa shape index (κ2) is 12.2. The Morgan fingerprint density at radius 1 is 1.09 bits per heavy atom. The van der Waals surface area contributed by atoms with Crippen LogP contribution in [0.15, 0.2) is 36.4 Å². The van der Waals surface area contributed by atoms with E-state index in [-0.39, 0.29) is 30.8 Å². The van der Waals surface area contributed by atoms with Crippen molar-refractivity contribution in [2.24, 2.45) is 0 Å². The van der Waals surface area contributed by atoms with Crippen LogP contribution in [-0.2, 0) is 27.1 Å². The Morgan fingerprint density at radius 2 is 1.88 bits per heavy atom. The van der Waals surface area contributed by atoms with Gasteiger partial charge in [0.25, 0.3) is 5.91 Å². The SMILES string of the molecule is CCCCCCc1ccc(N2C(=O)COC2CCCc2ccc(C(=O)OC(C)C)s2)cc1. The van der Waals surface area contributed by atoms with Crippen molar-refractivity contribution in [2.45, 2.75) is 84.5 Å². The van der Waals surface area contributed by atoms with Crippen molar-refractivity contribution < 1.29 is 19.1 Å². The standard InChI is InChI=1S/C26H35NO4S/c1-4-5-6-7-9-20-12-14-21(15-13-20)27-24(28)18-30-25(27)11-8-10-22-16-17-23(32-22)26(29)31-19(2)3/h12-17,19,25H,4-11,18H2,1-3H3. The van der Waals surface area contributed by atoms with E-state index in [4.69, 9.17) is 9.47 Å². The number of thiophene rings is 1. The molecule has 174 valence electrons. The molecule has 1 fully saturated rings. The van der Waals surface area contributed by atoms with E-state index < -0.39 is 0 Å². The number of carbonyl (C=O) groups excluding carboxylic acids is 2. The summed E-state index contributed by atoms with van der Waals surface area (Å²) >= 11 is 1.48. The van der Waals surface area contributed by atoms with Crippen molar-refractivity contribution in [3.63, 3.8) is 0 Å². The summed E-state index contributed by atoms with van der Waals surface area (Å²) in [5, 5.41) is 0. The molecule has 0 aliphatic carbocycles.